The number of allylic oxidation sites excluding steroid dienone is 1. The van der Waals surface area contributed by atoms with E-state index in [2.05, 4.69) is 33.8 Å². The average Bonchev–Trinajstić information content (AvgIpc) is 2.93. The highest BCUT2D eigenvalue weighted by molar-refractivity contribution is 7.80. The van der Waals surface area contributed by atoms with Gasteiger partial charge in [0, 0.05) is 19.7 Å². The second-order valence-electron chi connectivity index (χ2n) is 4.88. The molecule has 2 atom stereocenters. The van der Waals surface area contributed by atoms with Crippen LogP contribution in [-0.2, 0) is 9.53 Å². The molecule has 0 saturated carbocycles. The Morgan fingerprint density at radius 2 is 1.94 bits per heavy atom. The molecule has 1 rings (SSSR count). The van der Waals surface area contributed by atoms with E-state index in [1.165, 1.54) is 4.90 Å². The van der Waals surface area contributed by atoms with Gasteiger partial charge in [0.15, 0.2) is 0 Å². The van der Waals surface area contributed by atoms with Crippen LogP contribution in [0.3, 0.4) is 0 Å². The summed E-state index contributed by atoms with van der Waals surface area (Å²) in [6, 6.07) is 0. The third-order valence-electron chi connectivity index (χ3n) is 3.50. The van der Waals surface area contributed by atoms with Crippen LogP contribution >= 0.6 is 12.6 Å². The van der Waals surface area contributed by atoms with E-state index in [0.29, 0.717) is 0 Å². The maximum atomic E-state index is 10.5. The van der Waals surface area contributed by atoms with E-state index in [4.69, 9.17) is 4.74 Å². The Morgan fingerprint density at radius 1 is 1.39 bits per heavy atom. The van der Waals surface area contributed by atoms with Crippen molar-refractivity contribution < 1.29 is 9.53 Å². The lowest BCUT2D eigenvalue weighted by molar-refractivity contribution is -0.115. The highest BCUT2D eigenvalue weighted by Crippen LogP contribution is 2.71. The van der Waals surface area contributed by atoms with E-state index >= 15 is 0 Å². The van der Waals surface area contributed by atoms with Crippen LogP contribution in [-0.4, -0.2) is 38.5 Å². The lowest BCUT2D eigenvalue weighted by Crippen LogP contribution is -2.10. The molecule has 0 N–H and O–H groups in total. The molecule has 0 aromatic carbocycles. The number of amides is 1. The topological polar surface area (TPSA) is 29.5 Å². The van der Waals surface area contributed by atoms with Crippen molar-refractivity contribution in [2.75, 3.05) is 19.9 Å². The molecule has 0 spiro atoms. The third kappa shape index (κ3) is 3.97. The smallest absolute Gasteiger partial charge is 0.213 e. The van der Waals surface area contributed by atoms with Crippen molar-refractivity contribution in [3.05, 3.63) is 12.0 Å². The molecular weight excluding hydrogens is 245 g/mol. The predicted molar refractivity (Wildman–Crippen MR) is 81.2 cm³/mol. The van der Waals surface area contributed by atoms with Crippen molar-refractivity contribution >= 4 is 26.3 Å². The summed E-state index contributed by atoms with van der Waals surface area (Å²) in [5, 5.41) is 0.299. The Balaban J connectivity index is 0.00000137. The quantitative estimate of drug-likeness (QED) is 0.348. The Hall–Kier alpha value is -0.575. The van der Waals surface area contributed by atoms with Crippen molar-refractivity contribution in [1.29, 1.82) is 0 Å². The van der Waals surface area contributed by atoms with E-state index in [0.717, 1.165) is 24.3 Å². The van der Waals surface area contributed by atoms with E-state index < -0.39 is 0 Å². The number of hydrogen-bond donors (Lipinski definition) is 1. The number of nitrogens with zero attached hydrogens (tertiary/aromatic N) is 1. The van der Waals surface area contributed by atoms with Gasteiger partial charge in [-0.25, -0.2) is 0 Å². The van der Waals surface area contributed by atoms with Crippen LogP contribution in [0.2, 0.25) is 10.6 Å². The fourth-order valence-corrected chi connectivity index (χ4v) is 2.39. The molecule has 3 nitrogen and oxygen atoms in total. The van der Waals surface area contributed by atoms with Crippen LogP contribution in [0.4, 0.5) is 0 Å². The van der Waals surface area contributed by atoms with Crippen molar-refractivity contribution in [2.24, 2.45) is 0 Å². The largest absolute Gasteiger partial charge is 0.500 e. The molecule has 1 saturated heterocycles. The van der Waals surface area contributed by atoms with Crippen LogP contribution in [0.5, 0.6) is 0 Å². The second-order valence-corrected chi connectivity index (χ2v) is 5.20. The standard InChI is InChI=1S/C11H19BNO2S.C2H6/c1-10(11(2,7-16)12-10)5-9(15-4)6-13(3)8-14;1-2/h6,8,16H,5,7H2,1-4H3;1-2H3/b9-6-;. The number of ether oxygens (including phenoxy) is 1. The number of carbonyl (C=O) groups excluding carboxylic acids is 1. The van der Waals surface area contributed by atoms with Gasteiger partial charge in [0.2, 0.25) is 6.41 Å². The molecule has 2 unspecified atom stereocenters. The minimum absolute atomic E-state index is 0.125. The predicted octanol–water partition coefficient (Wildman–Crippen LogP) is 2.98. The number of thiol groups is 1. The monoisotopic (exact) mass is 270 g/mol. The molecule has 0 aliphatic carbocycles. The zero-order chi connectivity index (χ0) is 14.4. The summed E-state index contributed by atoms with van der Waals surface area (Å²) in [7, 11) is 5.62. The first kappa shape index (κ1) is 17.4. The second kappa shape index (κ2) is 7.12. The SMILES string of the molecule is CC.CO/C(=C\N(C)C=O)CC1(C)[B]C1(C)CS. The summed E-state index contributed by atoms with van der Waals surface area (Å²) in [6.45, 7) is 8.38. The zero-order valence-corrected chi connectivity index (χ0v) is 13.3. The lowest BCUT2D eigenvalue weighted by Gasteiger charge is -2.20. The summed E-state index contributed by atoms with van der Waals surface area (Å²) in [4.78, 5) is 12.0. The minimum atomic E-state index is 0.125. The van der Waals surface area contributed by atoms with Crippen LogP contribution < -0.4 is 0 Å². The molecule has 0 bridgehead atoms. The highest BCUT2D eigenvalue weighted by atomic mass is 32.1. The van der Waals surface area contributed by atoms with Gasteiger partial charge in [0.1, 0.15) is 13.0 Å². The molecule has 1 heterocycles. The van der Waals surface area contributed by atoms with E-state index in [-0.39, 0.29) is 10.6 Å². The van der Waals surface area contributed by atoms with Gasteiger partial charge >= 0.3 is 0 Å². The molecule has 103 valence electrons. The summed E-state index contributed by atoms with van der Waals surface area (Å²) in [6.07, 6.45) is 3.29. The Kier molecular flexibility index (Phi) is 6.89. The van der Waals surface area contributed by atoms with Gasteiger partial charge in [-0.2, -0.15) is 12.6 Å². The molecule has 0 aromatic rings. The lowest BCUT2D eigenvalue weighted by atomic mass is 9.86. The number of hydrogen-bond acceptors (Lipinski definition) is 3. The summed E-state index contributed by atoms with van der Waals surface area (Å²) in [5.74, 6) is 1.66. The summed E-state index contributed by atoms with van der Waals surface area (Å²) >= 11 is 4.36. The average molecular weight is 270 g/mol. The van der Waals surface area contributed by atoms with E-state index in [1.54, 1.807) is 20.4 Å². The van der Waals surface area contributed by atoms with Crippen LogP contribution in [0, 0.1) is 0 Å². The summed E-state index contributed by atoms with van der Waals surface area (Å²) < 4.78 is 5.29. The van der Waals surface area contributed by atoms with Gasteiger partial charge in [-0.3, -0.25) is 4.79 Å². The highest BCUT2D eigenvalue weighted by Gasteiger charge is 2.60. The molecule has 18 heavy (non-hydrogen) atoms. The molecule has 1 fully saturated rings. The van der Waals surface area contributed by atoms with Gasteiger partial charge in [-0.05, 0) is 5.75 Å². The maximum Gasteiger partial charge on any atom is 0.213 e. The van der Waals surface area contributed by atoms with Gasteiger partial charge in [-0.1, -0.05) is 38.3 Å². The van der Waals surface area contributed by atoms with E-state index in [1.807, 2.05) is 13.8 Å². The fourth-order valence-electron chi connectivity index (χ4n) is 1.94. The molecule has 1 aliphatic heterocycles. The zero-order valence-electron chi connectivity index (χ0n) is 12.4. The third-order valence-corrected chi connectivity index (χ3v) is 4.16. The first-order valence-corrected chi connectivity index (χ1v) is 6.94. The normalized spacial score (nSPS) is 29.6. The fraction of sp³-hybridized carbons (Fsp3) is 0.769. The van der Waals surface area contributed by atoms with Crippen molar-refractivity contribution in [1.82, 2.24) is 4.90 Å². The molecule has 1 radical (unpaired) electrons. The van der Waals surface area contributed by atoms with Crippen molar-refractivity contribution in [3.8, 4) is 0 Å². The summed E-state index contributed by atoms with van der Waals surface area (Å²) in [5.41, 5.74) is 0. The van der Waals surface area contributed by atoms with E-state index in [9.17, 15) is 4.79 Å². The molecule has 1 amide bonds. The van der Waals surface area contributed by atoms with Crippen molar-refractivity contribution in [3.63, 3.8) is 0 Å². The van der Waals surface area contributed by atoms with Gasteiger partial charge in [0.05, 0.1) is 7.11 Å². The Morgan fingerprint density at radius 3 is 2.28 bits per heavy atom. The van der Waals surface area contributed by atoms with Crippen LogP contribution in [0.15, 0.2) is 12.0 Å². The van der Waals surface area contributed by atoms with Gasteiger partial charge in [-0.15, -0.1) is 0 Å². The number of methoxy groups -OCH3 is 1. The van der Waals surface area contributed by atoms with Gasteiger partial charge < -0.3 is 9.64 Å². The minimum Gasteiger partial charge on any atom is -0.500 e. The first-order valence-electron chi connectivity index (χ1n) is 6.30. The van der Waals surface area contributed by atoms with Crippen molar-refractivity contribution in [2.45, 2.75) is 44.7 Å². The van der Waals surface area contributed by atoms with Gasteiger partial charge in [0.25, 0.3) is 0 Å². The van der Waals surface area contributed by atoms with Crippen LogP contribution in [0.25, 0.3) is 0 Å². The first-order chi connectivity index (χ1) is 8.40. The molecule has 5 heteroatoms. The Labute approximate surface area is 118 Å². The number of carbonyl (C=O) groups is 1. The molecular formula is C13H25BNO2S. The molecule has 1 aliphatic rings. The number of rotatable bonds is 6. The van der Waals surface area contributed by atoms with Crippen LogP contribution in [0.1, 0.15) is 34.1 Å². The Bertz CT molecular complexity index is 311. The molecule has 0 aromatic heterocycles. The maximum absolute atomic E-state index is 10.5.